The van der Waals surface area contributed by atoms with Crippen molar-refractivity contribution in [3.63, 3.8) is 0 Å². The molecule has 2 atom stereocenters. The van der Waals surface area contributed by atoms with Crippen LogP contribution in [0.15, 0.2) is 23.1 Å². The van der Waals surface area contributed by atoms with Crippen molar-refractivity contribution in [1.82, 2.24) is 4.31 Å². The molecule has 2 aliphatic rings. The van der Waals surface area contributed by atoms with Crippen molar-refractivity contribution in [1.29, 1.82) is 0 Å². The van der Waals surface area contributed by atoms with Crippen LogP contribution in [0.5, 0.6) is 11.5 Å². The van der Waals surface area contributed by atoms with E-state index >= 15 is 0 Å². The molecule has 6 nitrogen and oxygen atoms in total. The fourth-order valence-electron chi connectivity index (χ4n) is 3.60. The summed E-state index contributed by atoms with van der Waals surface area (Å²) in [6.45, 7) is 0. The van der Waals surface area contributed by atoms with Gasteiger partial charge in [-0.15, -0.1) is 0 Å². The van der Waals surface area contributed by atoms with Crippen LogP contribution in [-0.4, -0.2) is 50.2 Å². The maximum absolute atomic E-state index is 13.0. The van der Waals surface area contributed by atoms with Crippen molar-refractivity contribution < 1.29 is 23.0 Å². The lowest BCUT2D eigenvalue weighted by molar-refractivity contribution is 0.0768. The van der Waals surface area contributed by atoms with Gasteiger partial charge in [0.25, 0.3) is 0 Å². The summed E-state index contributed by atoms with van der Waals surface area (Å²) in [7, 11) is -0.599. The highest BCUT2D eigenvalue weighted by atomic mass is 32.2. The monoisotopic (exact) mass is 327 g/mol. The fourth-order valence-corrected chi connectivity index (χ4v) is 5.50. The maximum Gasteiger partial charge on any atom is 0.243 e. The number of hydrogen-bond acceptors (Lipinski definition) is 5. The predicted octanol–water partition coefficient (Wildman–Crippen LogP) is 1.38. The molecule has 7 heteroatoms. The number of benzene rings is 1. The summed E-state index contributed by atoms with van der Waals surface area (Å²) in [4.78, 5) is 0.207. The zero-order valence-corrected chi connectivity index (χ0v) is 13.5. The molecule has 2 heterocycles. The molecule has 2 fully saturated rings. The van der Waals surface area contributed by atoms with Crippen molar-refractivity contribution >= 4 is 10.0 Å². The van der Waals surface area contributed by atoms with E-state index in [0.717, 1.165) is 12.8 Å². The van der Waals surface area contributed by atoms with E-state index < -0.39 is 16.1 Å². The molecular formula is C15H21NO5S. The normalized spacial score (nSPS) is 28.6. The number of hydrogen-bond donors (Lipinski definition) is 1. The molecule has 2 unspecified atom stereocenters. The summed E-state index contributed by atoms with van der Waals surface area (Å²) in [5, 5.41) is 9.84. The van der Waals surface area contributed by atoms with E-state index in [9.17, 15) is 13.5 Å². The molecular weight excluding hydrogens is 306 g/mol. The van der Waals surface area contributed by atoms with Gasteiger partial charge in [-0.25, -0.2) is 8.42 Å². The first-order valence-electron chi connectivity index (χ1n) is 7.41. The van der Waals surface area contributed by atoms with Gasteiger partial charge in [-0.2, -0.15) is 4.31 Å². The Labute approximate surface area is 130 Å². The zero-order valence-electron chi connectivity index (χ0n) is 12.7. The van der Waals surface area contributed by atoms with Gasteiger partial charge < -0.3 is 14.6 Å². The summed E-state index contributed by atoms with van der Waals surface area (Å²) >= 11 is 0. The number of methoxy groups -OCH3 is 2. The third-order valence-corrected chi connectivity index (χ3v) is 6.57. The highest BCUT2D eigenvalue weighted by Crippen LogP contribution is 2.41. The maximum atomic E-state index is 13.0. The zero-order chi connectivity index (χ0) is 15.9. The molecule has 1 N–H and O–H groups in total. The molecule has 0 spiro atoms. The Bertz CT molecular complexity index is 646. The smallest absolute Gasteiger partial charge is 0.243 e. The summed E-state index contributed by atoms with van der Waals surface area (Å²) in [5.74, 6) is 0.895. The number of aliphatic hydroxyl groups is 1. The van der Waals surface area contributed by atoms with Crippen molar-refractivity contribution in [2.24, 2.45) is 0 Å². The lowest BCUT2D eigenvalue weighted by Gasteiger charge is -2.36. The minimum Gasteiger partial charge on any atom is -0.493 e. The van der Waals surface area contributed by atoms with Crippen LogP contribution in [0.3, 0.4) is 0 Å². The lowest BCUT2D eigenvalue weighted by Crippen LogP contribution is -2.47. The lowest BCUT2D eigenvalue weighted by atomic mass is 10.0. The molecule has 2 bridgehead atoms. The quantitative estimate of drug-likeness (QED) is 0.904. The number of aliphatic hydroxyl groups excluding tert-OH is 1. The topological polar surface area (TPSA) is 76.1 Å². The van der Waals surface area contributed by atoms with Crippen molar-refractivity contribution in [2.45, 2.75) is 48.8 Å². The molecule has 2 saturated heterocycles. The molecule has 22 heavy (non-hydrogen) atoms. The third-order valence-electron chi connectivity index (χ3n) is 4.57. The van der Waals surface area contributed by atoms with Gasteiger partial charge in [-0.1, -0.05) is 0 Å². The number of rotatable bonds is 4. The van der Waals surface area contributed by atoms with E-state index in [1.807, 2.05) is 0 Å². The molecule has 1 aromatic carbocycles. The van der Waals surface area contributed by atoms with E-state index in [1.165, 1.54) is 20.3 Å². The second-order valence-electron chi connectivity index (χ2n) is 5.86. The molecule has 0 aliphatic carbocycles. The molecule has 1 aromatic rings. The summed E-state index contributed by atoms with van der Waals surface area (Å²) in [6, 6.07) is 4.44. The van der Waals surface area contributed by atoms with Gasteiger partial charge >= 0.3 is 0 Å². The standard InChI is InChI=1S/C15H21NO5S/c1-20-14-6-5-13(9-15(14)21-2)22(18,19)16-10-3-4-11(16)8-12(17)7-10/h5-6,9-12,17H,3-4,7-8H2,1-2H3. The van der Waals surface area contributed by atoms with Gasteiger partial charge in [0.15, 0.2) is 11.5 Å². The second-order valence-corrected chi connectivity index (χ2v) is 7.71. The van der Waals surface area contributed by atoms with Crippen LogP contribution in [0, 0.1) is 0 Å². The van der Waals surface area contributed by atoms with E-state index in [0.29, 0.717) is 24.3 Å². The Morgan fingerprint density at radius 2 is 1.68 bits per heavy atom. The fraction of sp³-hybridized carbons (Fsp3) is 0.600. The number of nitrogens with zero attached hydrogens (tertiary/aromatic N) is 1. The Morgan fingerprint density at radius 1 is 1.09 bits per heavy atom. The molecule has 2 aliphatic heterocycles. The van der Waals surface area contributed by atoms with Crippen LogP contribution in [-0.2, 0) is 10.0 Å². The predicted molar refractivity (Wildman–Crippen MR) is 80.6 cm³/mol. The first-order chi connectivity index (χ1) is 10.5. The average molecular weight is 327 g/mol. The number of ether oxygens (including phenoxy) is 2. The third kappa shape index (κ3) is 2.47. The number of fused-ring (bicyclic) bond motifs is 2. The van der Waals surface area contributed by atoms with Crippen molar-refractivity contribution in [2.75, 3.05) is 14.2 Å². The van der Waals surface area contributed by atoms with Crippen LogP contribution in [0.2, 0.25) is 0 Å². The minimum atomic E-state index is -3.59. The first kappa shape index (κ1) is 15.6. The highest BCUT2D eigenvalue weighted by Gasteiger charge is 2.46. The Morgan fingerprint density at radius 3 is 2.23 bits per heavy atom. The van der Waals surface area contributed by atoms with E-state index in [4.69, 9.17) is 9.47 Å². The average Bonchev–Trinajstić information content (AvgIpc) is 2.79. The van der Waals surface area contributed by atoms with Crippen molar-refractivity contribution in [3.8, 4) is 11.5 Å². The Kier molecular flexibility index (Phi) is 4.05. The summed E-state index contributed by atoms with van der Waals surface area (Å²) in [5.41, 5.74) is 0. The molecule has 0 aromatic heterocycles. The van der Waals surface area contributed by atoms with Crippen LogP contribution in [0.4, 0.5) is 0 Å². The summed E-state index contributed by atoms with van der Waals surface area (Å²) in [6.07, 6.45) is 2.27. The van der Waals surface area contributed by atoms with Gasteiger partial charge in [-0.05, 0) is 37.8 Å². The molecule has 3 rings (SSSR count). The van der Waals surface area contributed by atoms with Crippen molar-refractivity contribution in [3.05, 3.63) is 18.2 Å². The van der Waals surface area contributed by atoms with Gasteiger partial charge in [0.05, 0.1) is 25.2 Å². The first-order valence-corrected chi connectivity index (χ1v) is 8.85. The van der Waals surface area contributed by atoms with Crippen LogP contribution < -0.4 is 9.47 Å². The molecule has 0 radical (unpaired) electrons. The van der Waals surface area contributed by atoms with Gasteiger partial charge in [0, 0.05) is 18.2 Å². The Balaban J connectivity index is 1.97. The van der Waals surface area contributed by atoms with E-state index in [-0.39, 0.29) is 17.0 Å². The van der Waals surface area contributed by atoms with Gasteiger partial charge in [0.1, 0.15) is 0 Å². The Hall–Kier alpha value is -1.31. The van der Waals surface area contributed by atoms with E-state index in [2.05, 4.69) is 0 Å². The summed E-state index contributed by atoms with van der Waals surface area (Å²) < 4.78 is 37.9. The van der Waals surface area contributed by atoms with Crippen LogP contribution >= 0.6 is 0 Å². The largest absolute Gasteiger partial charge is 0.493 e. The molecule has 122 valence electrons. The highest BCUT2D eigenvalue weighted by molar-refractivity contribution is 7.89. The van der Waals surface area contributed by atoms with Gasteiger partial charge in [-0.3, -0.25) is 0 Å². The van der Waals surface area contributed by atoms with E-state index in [1.54, 1.807) is 16.4 Å². The van der Waals surface area contributed by atoms with Gasteiger partial charge in [0.2, 0.25) is 10.0 Å². The molecule has 0 saturated carbocycles. The van der Waals surface area contributed by atoms with Crippen LogP contribution in [0.25, 0.3) is 0 Å². The van der Waals surface area contributed by atoms with Crippen LogP contribution in [0.1, 0.15) is 25.7 Å². The number of sulfonamides is 1. The SMILES string of the molecule is COc1ccc(S(=O)(=O)N2C3CCC2CC(O)C3)cc1OC. The second kappa shape index (κ2) is 5.72. The minimum absolute atomic E-state index is 0.105. The number of piperidine rings is 1. The molecule has 0 amide bonds.